The third-order valence-corrected chi connectivity index (χ3v) is 16.7. The molecule has 12 aromatic rings. The molecule has 1 fully saturated rings. The largest absolute Gasteiger partial charge is 0.476 e. The van der Waals surface area contributed by atoms with Gasteiger partial charge in [0.15, 0.2) is 17.4 Å². The molecule has 0 bridgehead atoms. The Morgan fingerprint density at radius 2 is 0.868 bits per heavy atom. The topological polar surface area (TPSA) is 162 Å². The molecule has 3 heterocycles. The maximum Gasteiger partial charge on any atom is 0.269 e. The maximum absolute atomic E-state index is 13.1. The number of anilines is 1. The van der Waals surface area contributed by atoms with Crippen molar-refractivity contribution in [3.05, 3.63) is 369 Å². The summed E-state index contributed by atoms with van der Waals surface area (Å²) in [6.07, 6.45) is -2.36. The Morgan fingerprint density at radius 1 is 0.505 bits per heavy atom. The molecular formula is C77H64N6O8. The van der Waals surface area contributed by atoms with E-state index in [1.54, 1.807) is 18.5 Å². The first-order valence-electron chi connectivity index (χ1n) is 30.3. The highest BCUT2D eigenvalue weighted by atomic mass is 16.6. The molecule has 1 N–H and O–H groups in total. The fourth-order valence-electron chi connectivity index (χ4n) is 12.6. The van der Waals surface area contributed by atoms with Crippen LogP contribution in [0.15, 0.2) is 304 Å². The smallest absolute Gasteiger partial charge is 0.269 e. The van der Waals surface area contributed by atoms with Crippen LogP contribution in [0.25, 0.3) is 11.2 Å². The second kappa shape index (κ2) is 26.5. The number of hydrogen-bond acceptors (Lipinski definition) is 11. The molecule has 1 saturated heterocycles. The predicted octanol–water partition coefficient (Wildman–Crippen LogP) is 15.0. The summed E-state index contributed by atoms with van der Waals surface area (Å²) in [4.78, 5) is 39.0. The molecule has 0 saturated carbocycles. The summed E-state index contributed by atoms with van der Waals surface area (Å²) in [7, 11) is 0. The molecule has 0 spiro atoms. The molecule has 0 unspecified atom stereocenters. The Morgan fingerprint density at radius 3 is 1.23 bits per heavy atom. The number of nitrogens with zero attached hydrogens (tertiary/aromatic N) is 5. The minimum absolute atomic E-state index is 0.0205. The number of carbonyl (C=O) groups is 1. The predicted molar refractivity (Wildman–Crippen MR) is 349 cm³/mol. The van der Waals surface area contributed by atoms with Crippen LogP contribution in [0, 0.1) is 10.1 Å². The number of rotatable bonds is 23. The van der Waals surface area contributed by atoms with Gasteiger partial charge in [-0.25, -0.2) is 4.98 Å². The van der Waals surface area contributed by atoms with Crippen molar-refractivity contribution in [3.63, 3.8) is 0 Å². The lowest BCUT2D eigenvalue weighted by atomic mass is 9.79. The fourth-order valence-corrected chi connectivity index (χ4v) is 12.6. The van der Waals surface area contributed by atoms with Crippen LogP contribution in [0.2, 0.25) is 0 Å². The zero-order chi connectivity index (χ0) is 62.0. The fraction of sp³-hybridized carbons (Fsp3) is 0.143. The summed E-state index contributed by atoms with van der Waals surface area (Å²) in [5.74, 6) is -0.376. The zero-order valence-electron chi connectivity index (χ0n) is 49.8. The number of amides is 1. The average molecular weight is 1200 g/mol. The Kier molecular flexibility index (Phi) is 17.3. The standard InChI is InChI=1S/C77H64N6O8/c1-55(84)79-74-80-71-68(72(81-74)87-52-51-56-47-49-66(50-48-56)83(85)86)78-54-82(71)73-70(91-77(63-41-23-8-24-42-63,64-43-25-9-26-44-64)65-45-27-10-28-46-65)69(90-76(60-35-17-5-18-36-60,61-37-19-6-20-38-61)62-39-21-7-22-40-62)67(89-73)53-88-75(57-29-11-2-12-30-57,58-31-13-3-14-32-58)59-33-15-4-16-34-59/h2-50,54,67,69-70,73H,51-53H2,1H3,(H,79,80,81,84)/t67-,69-,70-,73-/m1/s1. The van der Waals surface area contributed by atoms with Gasteiger partial charge in [0.25, 0.3) is 5.69 Å². The lowest BCUT2D eigenvalue weighted by molar-refractivity contribution is -0.384. The molecule has 91 heavy (non-hydrogen) atoms. The Balaban J connectivity index is 1.07. The van der Waals surface area contributed by atoms with Crippen molar-refractivity contribution in [2.75, 3.05) is 18.5 Å². The number of nitro benzene ring substituents is 1. The highest BCUT2D eigenvalue weighted by molar-refractivity contribution is 5.88. The number of ether oxygens (including phenoxy) is 5. The third-order valence-electron chi connectivity index (χ3n) is 16.7. The minimum Gasteiger partial charge on any atom is -0.476 e. The van der Waals surface area contributed by atoms with Crippen molar-refractivity contribution < 1.29 is 33.4 Å². The van der Waals surface area contributed by atoms with Crippen LogP contribution < -0.4 is 10.1 Å². The van der Waals surface area contributed by atoms with Crippen molar-refractivity contribution in [3.8, 4) is 5.88 Å². The van der Waals surface area contributed by atoms with Gasteiger partial charge in [-0.1, -0.05) is 285 Å². The molecule has 14 nitrogen and oxygen atoms in total. The van der Waals surface area contributed by atoms with Gasteiger partial charge >= 0.3 is 0 Å². The average Bonchev–Trinajstić information content (AvgIpc) is 1.72. The SMILES string of the molecule is CC(=O)Nc1nc(OCCc2ccc([N+](=O)[O-])cc2)c2ncn([C@@H]3O[C@H](COC(c4ccccc4)(c4ccccc4)c4ccccc4)[C@@H](OC(c4ccccc4)(c4ccccc4)c4ccccc4)[C@H]3OC(c3ccccc3)(c3ccccc3)c3ccccc3)c2n1. The van der Waals surface area contributed by atoms with Crippen LogP contribution in [0.3, 0.4) is 0 Å². The number of non-ortho nitro benzene ring substituents is 1. The summed E-state index contributed by atoms with van der Waals surface area (Å²) in [5.41, 5.74) is 5.02. The van der Waals surface area contributed by atoms with Gasteiger partial charge in [-0.05, 0) is 55.6 Å². The van der Waals surface area contributed by atoms with Gasteiger partial charge in [0.05, 0.1) is 24.5 Å². The molecular weight excluding hydrogens is 1140 g/mol. The van der Waals surface area contributed by atoms with Crippen molar-refractivity contribution in [2.45, 2.75) is 54.7 Å². The van der Waals surface area contributed by atoms with Crippen LogP contribution in [0.1, 0.15) is 68.8 Å². The van der Waals surface area contributed by atoms with Crippen molar-refractivity contribution >= 4 is 28.7 Å². The zero-order valence-corrected chi connectivity index (χ0v) is 49.8. The quantitative estimate of drug-likeness (QED) is 0.0368. The van der Waals surface area contributed by atoms with Crippen LogP contribution in [0.4, 0.5) is 11.6 Å². The number of imidazole rings is 1. The number of benzene rings is 10. The molecule has 2 aromatic heterocycles. The van der Waals surface area contributed by atoms with Crippen LogP contribution >= 0.6 is 0 Å². The van der Waals surface area contributed by atoms with Gasteiger partial charge in [0.1, 0.15) is 35.1 Å². The van der Waals surface area contributed by atoms with E-state index in [0.717, 1.165) is 55.6 Å². The first kappa shape index (κ1) is 59.2. The third kappa shape index (κ3) is 11.8. The van der Waals surface area contributed by atoms with E-state index in [1.165, 1.54) is 19.1 Å². The van der Waals surface area contributed by atoms with Gasteiger partial charge in [-0.2, -0.15) is 9.97 Å². The maximum atomic E-state index is 13.1. The minimum atomic E-state index is -1.39. The van der Waals surface area contributed by atoms with Gasteiger partial charge in [-0.3, -0.25) is 24.8 Å². The van der Waals surface area contributed by atoms with Gasteiger partial charge in [0.2, 0.25) is 17.7 Å². The number of nitrogens with one attached hydrogen (secondary N) is 1. The molecule has 13 rings (SSSR count). The molecule has 1 aliphatic rings. The Bertz CT molecular complexity index is 4060. The van der Waals surface area contributed by atoms with Gasteiger partial charge in [0, 0.05) is 25.5 Å². The molecule has 450 valence electrons. The molecule has 0 aliphatic carbocycles. The molecule has 10 aromatic carbocycles. The number of nitro groups is 1. The summed E-state index contributed by atoms with van der Waals surface area (Å²) in [5, 5.41) is 14.3. The first-order valence-corrected chi connectivity index (χ1v) is 30.3. The second-order valence-corrected chi connectivity index (χ2v) is 22.3. The number of fused-ring (bicyclic) bond motifs is 1. The van der Waals surface area contributed by atoms with E-state index < -0.39 is 52.2 Å². The molecule has 1 aliphatic heterocycles. The van der Waals surface area contributed by atoms with E-state index in [2.05, 4.69) is 115 Å². The van der Waals surface area contributed by atoms with Crippen molar-refractivity contribution in [1.82, 2.24) is 19.5 Å². The normalized spacial score (nSPS) is 15.9. The molecule has 0 radical (unpaired) electrons. The molecule has 1 amide bonds. The molecule has 14 heteroatoms. The highest BCUT2D eigenvalue weighted by Gasteiger charge is 2.57. The molecule has 4 atom stereocenters. The summed E-state index contributed by atoms with van der Waals surface area (Å²) in [6, 6.07) is 98.2. The van der Waals surface area contributed by atoms with Crippen LogP contribution in [-0.2, 0) is 47.0 Å². The number of aromatic nitrogens is 4. The second-order valence-electron chi connectivity index (χ2n) is 22.3. The van der Waals surface area contributed by atoms with E-state index in [4.69, 9.17) is 38.6 Å². The summed E-state index contributed by atoms with van der Waals surface area (Å²) in [6.45, 7) is 1.39. The van der Waals surface area contributed by atoms with Crippen molar-refractivity contribution in [1.29, 1.82) is 0 Å². The van der Waals surface area contributed by atoms with Crippen LogP contribution in [0.5, 0.6) is 5.88 Å². The van der Waals surface area contributed by atoms with Crippen molar-refractivity contribution in [2.24, 2.45) is 0 Å². The lowest BCUT2D eigenvalue weighted by Gasteiger charge is -2.44. The summed E-state index contributed by atoms with van der Waals surface area (Å²) < 4.78 is 41.0. The lowest BCUT2D eigenvalue weighted by Crippen LogP contribution is -2.50. The summed E-state index contributed by atoms with van der Waals surface area (Å²) >= 11 is 0. The number of carbonyl (C=O) groups excluding carboxylic acids is 1. The Hall–Kier alpha value is -10.7. The van der Waals surface area contributed by atoms with Gasteiger partial charge < -0.3 is 23.7 Å². The van der Waals surface area contributed by atoms with E-state index in [1.807, 2.05) is 168 Å². The Labute approximate surface area is 527 Å². The van der Waals surface area contributed by atoms with E-state index in [9.17, 15) is 14.9 Å². The highest BCUT2D eigenvalue weighted by Crippen LogP contribution is 2.52. The van der Waals surface area contributed by atoms with Gasteiger partial charge in [-0.15, -0.1) is 0 Å². The first-order chi connectivity index (χ1) is 44.7. The van der Waals surface area contributed by atoms with Crippen LogP contribution in [-0.4, -0.2) is 61.9 Å². The van der Waals surface area contributed by atoms with E-state index in [0.29, 0.717) is 6.42 Å². The monoisotopic (exact) mass is 1200 g/mol. The van der Waals surface area contributed by atoms with E-state index in [-0.39, 0.29) is 41.9 Å². The number of hydrogen-bond donors (Lipinski definition) is 1. The van der Waals surface area contributed by atoms with E-state index >= 15 is 0 Å².